The van der Waals surface area contributed by atoms with Gasteiger partial charge in [-0.25, -0.2) is 13.4 Å². The summed E-state index contributed by atoms with van der Waals surface area (Å²) in [6.07, 6.45) is 1.39. The maximum Gasteiger partial charge on any atom is 0.262 e. The molecule has 0 amide bonds. The number of thiophene rings is 1. The number of nitrogen functional groups attached to an aromatic ring is 1. The molecule has 18 heavy (non-hydrogen) atoms. The largest absolute Gasteiger partial charge is 0.381 e. The smallest absolute Gasteiger partial charge is 0.262 e. The molecule has 0 saturated heterocycles. The summed E-state index contributed by atoms with van der Waals surface area (Å²) in [7, 11) is -0.487. The molecule has 0 aliphatic rings. The zero-order valence-corrected chi connectivity index (χ0v) is 11.7. The van der Waals surface area contributed by atoms with Crippen LogP contribution in [0.4, 0.5) is 5.82 Å². The average Bonchev–Trinajstić information content (AvgIpc) is 2.89. The Labute approximate surface area is 110 Å². The molecule has 0 fully saturated rings. The van der Waals surface area contributed by atoms with Gasteiger partial charge in [-0.3, -0.25) is 0 Å². The SMILES string of the molecule is CN(Cc1ccsc1)S(=O)(=O)c1c(N)ncn1C. The van der Waals surface area contributed by atoms with Crippen molar-refractivity contribution >= 4 is 27.2 Å². The Morgan fingerprint density at radius 1 is 1.56 bits per heavy atom. The van der Waals surface area contributed by atoms with Gasteiger partial charge in [-0.15, -0.1) is 0 Å². The molecule has 0 atom stereocenters. The molecule has 2 aromatic heterocycles. The molecule has 2 heterocycles. The van der Waals surface area contributed by atoms with Crippen LogP contribution >= 0.6 is 11.3 Å². The first kappa shape index (κ1) is 13.1. The van der Waals surface area contributed by atoms with Crippen molar-refractivity contribution in [1.82, 2.24) is 13.9 Å². The van der Waals surface area contributed by atoms with Crippen LogP contribution in [0.5, 0.6) is 0 Å². The highest BCUT2D eigenvalue weighted by Gasteiger charge is 2.27. The van der Waals surface area contributed by atoms with Crippen LogP contribution in [0.25, 0.3) is 0 Å². The molecule has 2 rings (SSSR count). The van der Waals surface area contributed by atoms with Crippen molar-refractivity contribution in [1.29, 1.82) is 0 Å². The fourth-order valence-electron chi connectivity index (χ4n) is 1.62. The van der Waals surface area contributed by atoms with Gasteiger partial charge in [0.15, 0.2) is 10.8 Å². The average molecular weight is 286 g/mol. The minimum atomic E-state index is -3.62. The Balaban J connectivity index is 2.32. The first-order valence-corrected chi connectivity index (χ1v) is 7.55. The number of hydrogen-bond donors (Lipinski definition) is 1. The van der Waals surface area contributed by atoms with Gasteiger partial charge in [0.05, 0.1) is 6.33 Å². The fourth-order valence-corrected chi connectivity index (χ4v) is 3.63. The van der Waals surface area contributed by atoms with Gasteiger partial charge in [0, 0.05) is 20.6 Å². The number of rotatable bonds is 4. The molecule has 2 aromatic rings. The number of sulfonamides is 1. The first-order valence-electron chi connectivity index (χ1n) is 5.17. The zero-order chi connectivity index (χ0) is 13.3. The topological polar surface area (TPSA) is 81.2 Å². The minimum absolute atomic E-state index is 0.0228. The van der Waals surface area contributed by atoms with Gasteiger partial charge in [0.1, 0.15) is 0 Å². The number of hydrogen-bond acceptors (Lipinski definition) is 5. The number of aryl methyl sites for hydroxylation is 1. The maximum absolute atomic E-state index is 12.3. The molecule has 98 valence electrons. The summed E-state index contributed by atoms with van der Waals surface area (Å²) < 4.78 is 27.4. The predicted molar refractivity (Wildman–Crippen MR) is 70.6 cm³/mol. The summed E-state index contributed by atoms with van der Waals surface area (Å²) in [6.45, 7) is 0.316. The van der Waals surface area contributed by atoms with Gasteiger partial charge in [-0.05, 0) is 22.4 Å². The molecule has 6 nitrogen and oxygen atoms in total. The van der Waals surface area contributed by atoms with E-state index in [1.807, 2.05) is 16.8 Å². The van der Waals surface area contributed by atoms with Crippen LogP contribution in [0.15, 0.2) is 28.2 Å². The summed E-state index contributed by atoms with van der Waals surface area (Å²) in [5.74, 6) is 0.0228. The molecule has 0 radical (unpaired) electrons. The summed E-state index contributed by atoms with van der Waals surface area (Å²) in [4.78, 5) is 3.80. The van der Waals surface area contributed by atoms with Gasteiger partial charge < -0.3 is 10.3 Å². The van der Waals surface area contributed by atoms with E-state index in [9.17, 15) is 8.42 Å². The predicted octanol–water partition coefficient (Wildman–Crippen LogP) is 0.885. The van der Waals surface area contributed by atoms with Crippen molar-refractivity contribution in [2.24, 2.45) is 7.05 Å². The Morgan fingerprint density at radius 3 is 2.78 bits per heavy atom. The molecule has 0 bridgehead atoms. The van der Waals surface area contributed by atoms with E-state index in [2.05, 4.69) is 4.98 Å². The third kappa shape index (κ3) is 2.26. The Kier molecular flexibility index (Phi) is 3.42. The van der Waals surface area contributed by atoms with Crippen molar-refractivity contribution in [3.8, 4) is 0 Å². The van der Waals surface area contributed by atoms with E-state index in [1.54, 1.807) is 7.05 Å². The van der Waals surface area contributed by atoms with Crippen molar-refractivity contribution in [3.05, 3.63) is 28.7 Å². The Bertz CT molecular complexity index is 611. The second-order valence-corrected chi connectivity index (χ2v) is 6.68. The molecule has 8 heteroatoms. The van der Waals surface area contributed by atoms with Crippen molar-refractivity contribution in [2.75, 3.05) is 12.8 Å². The summed E-state index contributed by atoms with van der Waals surface area (Å²) >= 11 is 1.53. The normalized spacial score (nSPS) is 12.2. The van der Waals surface area contributed by atoms with E-state index in [-0.39, 0.29) is 10.8 Å². The monoisotopic (exact) mass is 286 g/mol. The lowest BCUT2D eigenvalue weighted by molar-refractivity contribution is 0.461. The number of anilines is 1. The number of imidazole rings is 1. The Morgan fingerprint density at radius 2 is 2.28 bits per heavy atom. The molecule has 0 unspecified atom stereocenters. The lowest BCUT2D eigenvalue weighted by Crippen LogP contribution is -2.28. The third-order valence-electron chi connectivity index (χ3n) is 2.55. The minimum Gasteiger partial charge on any atom is -0.381 e. The van der Waals surface area contributed by atoms with Crippen molar-refractivity contribution in [2.45, 2.75) is 11.6 Å². The highest BCUT2D eigenvalue weighted by Crippen LogP contribution is 2.21. The van der Waals surface area contributed by atoms with Gasteiger partial charge in [-0.2, -0.15) is 15.6 Å². The number of aromatic nitrogens is 2. The van der Waals surface area contributed by atoms with Crippen molar-refractivity contribution < 1.29 is 8.42 Å². The van der Waals surface area contributed by atoms with Crippen LogP contribution < -0.4 is 5.73 Å². The van der Waals surface area contributed by atoms with Crippen LogP contribution in [0.3, 0.4) is 0 Å². The molecule has 0 saturated carbocycles. The molecular weight excluding hydrogens is 272 g/mol. The van der Waals surface area contributed by atoms with E-state index in [0.717, 1.165) is 5.56 Å². The van der Waals surface area contributed by atoms with E-state index in [1.165, 1.54) is 33.6 Å². The second kappa shape index (κ2) is 4.71. The van der Waals surface area contributed by atoms with E-state index in [4.69, 9.17) is 5.73 Å². The molecule has 0 aliphatic carbocycles. The lowest BCUT2D eigenvalue weighted by Gasteiger charge is -2.16. The maximum atomic E-state index is 12.3. The second-order valence-electron chi connectivity index (χ2n) is 3.94. The van der Waals surface area contributed by atoms with Gasteiger partial charge in [-0.1, -0.05) is 0 Å². The molecule has 0 aromatic carbocycles. The summed E-state index contributed by atoms with van der Waals surface area (Å²) in [5, 5.41) is 3.85. The summed E-state index contributed by atoms with van der Waals surface area (Å²) in [5.41, 5.74) is 6.55. The van der Waals surface area contributed by atoms with Crippen LogP contribution in [0.1, 0.15) is 5.56 Å². The third-order valence-corrected chi connectivity index (χ3v) is 5.22. The lowest BCUT2D eigenvalue weighted by atomic mass is 10.3. The van der Waals surface area contributed by atoms with Crippen molar-refractivity contribution in [3.63, 3.8) is 0 Å². The fraction of sp³-hybridized carbons (Fsp3) is 0.300. The zero-order valence-electron chi connectivity index (χ0n) is 10.1. The van der Waals surface area contributed by atoms with E-state index >= 15 is 0 Å². The van der Waals surface area contributed by atoms with Crippen LogP contribution in [0.2, 0.25) is 0 Å². The molecular formula is C10H14N4O2S2. The molecule has 2 N–H and O–H groups in total. The van der Waals surface area contributed by atoms with E-state index < -0.39 is 10.0 Å². The van der Waals surface area contributed by atoms with Gasteiger partial charge in [0.2, 0.25) is 0 Å². The highest BCUT2D eigenvalue weighted by atomic mass is 32.2. The van der Waals surface area contributed by atoms with Crippen LogP contribution in [-0.4, -0.2) is 29.3 Å². The number of nitrogens with zero attached hydrogens (tertiary/aromatic N) is 3. The number of nitrogens with two attached hydrogens (primary N) is 1. The van der Waals surface area contributed by atoms with Crippen LogP contribution in [0, 0.1) is 0 Å². The van der Waals surface area contributed by atoms with E-state index in [0.29, 0.717) is 6.54 Å². The highest BCUT2D eigenvalue weighted by molar-refractivity contribution is 7.89. The van der Waals surface area contributed by atoms with Crippen LogP contribution in [-0.2, 0) is 23.6 Å². The quantitative estimate of drug-likeness (QED) is 0.905. The molecule has 0 aliphatic heterocycles. The first-order chi connectivity index (χ1) is 8.43. The molecule has 0 spiro atoms. The Hall–Kier alpha value is -1.38. The summed E-state index contributed by atoms with van der Waals surface area (Å²) in [6, 6.07) is 1.89. The van der Waals surface area contributed by atoms with Gasteiger partial charge >= 0.3 is 0 Å². The van der Waals surface area contributed by atoms with Gasteiger partial charge in [0.25, 0.3) is 10.0 Å². The standard InChI is InChI=1S/C10H14N4O2S2/c1-13-7-12-9(11)10(13)18(15,16)14(2)5-8-3-4-17-6-8/h3-4,6-7H,5,11H2,1-2H3.